The maximum atomic E-state index is 11.6. The molecule has 8 heteroatoms. The number of sulfone groups is 1. The minimum atomic E-state index is -3.23. The summed E-state index contributed by atoms with van der Waals surface area (Å²) in [7, 11) is -3.23. The Morgan fingerprint density at radius 1 is 1.21 bits per heavy atom. The van der Waals surface area contributed by atoms with Crippen molar-refractivity contribution in [1.82, 2.24) is 9.80 Å². The number of piperazine rings is 1. The summed E-state index contributed by atoms with van der Waals surface area (Å²) in [6.07, 6.45) is 0.156. The van der Waals surface area contributed by atoms with E-state index < -0.39 is 15.9 Å². The number of hydrogen-bond donors (Lipinski definition) is 1. The van der Waals surface area contributed by atoms with Crippen LogP contribution in [0.5, 0.6) is 0 Å². The van der Waals surface area contributed by atoms with Crippen molar-refractivity contribution < 1.29 is 23.1 Å². The van der Waals surface area contributed by atoms with Gasteiger partial charge in [-0.25, -0.2) is 13.2 Å². The fourth-order valence-electron chi connectivity index (χ4n) is 2.61. The number of benzene rings is 1. The van der Waals surface area contributed by atoms with E-state index in [1.807, 2.05) is 0 Å². The fourth-order valence-corrected chi connectivity index (χ4v) is 3.25. The maximum Gasteiger partial charge on any atom is 0.409 e. The molecule has 1 atom stereocenters. The highest BCUT2D eigenvalue weighted by Crippen LogP contribution is 2.18. The molecule has 0 spiro atoms. The van der Waals surface area contributed by atoms with Crippen LogP contribution in [-0.2, 0) is 14.6 Å². The van der Waals surface area contributed by atoms with Gasteiger partial charge in [0.15, 0.2) is 9.84 Å². The molecule has 0 saturated carbocycles. The van der Waals surface area contributed by atoms with Gasteiger partial charge in [-0.3, -0.25) is 4.90 Å². The molecule has 0 bridgehead atoms. The summed E-state index contributed by atoms with van der Waals surface area (Å²) in [5.41, 5.74) is 0.676. The predicted octanol–water partition coefficient (Wildman–Crippen LogP) is 0.898. The van der Waals surface area contributed by atoms with E-state index in [-0.39, 0.29) is 11.0 Å². The minimum absolute atomic E-state index is 0.238. The Morgan fingerprint density at radius 2 is 1.79 bits per heavy atom. The van der Waals surface area contributed by atoms with Gasteiger partial charge in [0.25, 0.3) is 0 Å². The van der Waals surface area contributed by atoms with Gasteiger partial charge in [-0.05, 0) is 24.6 Å². The standard InChI is InChI=1S/C16H24N2O5S/c1-3-23-16(20)18-10-8-17(9-11-18)12-15(19)13-4-6-14(7-5-13)24(2,21)22/h4-7,15,19H,3,8-12H2,1-2H3. The van der Waals surface area contributed by atoms with E-state index in [1.54, 1.807) is 24.0 Å². The second kappa shape index (κ2) is 7.96. The Balaban J connectivity index is 1.87. The number of rotatable bonds is 5. The van der Waals surface area contributed by atoms with Crippen LogP contribution in [0, 0.1) is 0 Å². The lowest BCUT2D eigenvalue weighted by Gasteiger charge is -2.35. The zero-order chi connectivity index (χ0) is 17.7. The summed E-state index contributed by atoms with van der Waals surface area (Å²) in [6.45, 7) is 5.04. The predicted molar refractivity (Wildman–Crippen MR) is 89.5 cm³/mol. The van der Waals surface area contributed by atoms with Crippen LogP contribution >= 0.6 is 0 Å². The smallest absolute Gasteiger partial charge is 0.409 e. The summed E-state index contributed by atoms with van der Waals surface area (Å²) >= 11 is 0. The minimum Gasteiger partial charge on any atom is -0.450 e. The van der Waals surface area contributed by atoms with Crippen molar-refractivity contribution in [3.63, 3.8) is 0 Å². The van der Waals surface area contributed by atoms with Crippen LogP contribution in [0.25, 0.3) is 0 Å². The van der Waals surface area contributed by atoms with E-state index in [0.29, 0.717) is 44.9 Å². The number of carbonyl (C=O) groups is 1. The Labute approximate surface area is 142 Å². The first-order valence-corrected chi connectivity index (χ1v) is 9.82. The second-order valence-electron chi connectivity index (χ2n) is 5.84. The molecule has 1 aliphatic heterocycles. The van der Waals surface area contributed by atoms with Crippen molar-refractivity contribution in [3.05, 3.63) is 29.8 Å². The van der Waals surface area contributed by atoms with Crippen LogP contribution in [0.4, 0.5) is 4.79 Å². The molecule has 1 amide bonds. The molecule has 1 aliphatic rings. The Bertz CT molecular complexity index is 652. The summed E-state index contributed by atoms with van der Waals surface area (Å²) < 4.78 is 27.9. The van der Waals surface area contributed by atoms with Crippen LogP contribution in [-0.4, -0.2) is 75.0 Å². The van der Waals surface area contributed by atoms with Gasteiger partial charge in [0.05, 0.1) is 17.6 Å². The first-order chi connectivity index (χ1) is 11.3. The molecular weight excluding hydrogens is 332 g/mol. The normalized spacial score (nSPS) is 17.5. The van der Waals surface area contributed by atoms with E-state index in [4.69, 9.17) is 4.74 Å². The molecular formula is C16H24N2O5S. The third kappa shape index (κ3) is 4.93. The van der Waals surface area contributed by atoms with Crippen molar-refractivity contribution in [3.8, 4) is 0 Å². The number of hydrogen-bond acceptors (Lipinski definition) is 6. The largest absolute Gasteiger partial charge is 0.450 e. The average Bonchev–Trinajstić information content (AvgIpc) is 2.55. The quantitative estimate of drug-likeness (QED) is 0.843. The van der Waals surface area contributed by atoms with E-state index in [1.165, 1.54) is 12.1 Å². The van der Waals surface area contributed by atoms with Crippen molar-refractivity contribution in [2.24, 2.45) is 0 Å². The van der Waals surface area contributed by atoms with Crippen LogP contribution in [0.2, 0.25) is 0 Å². The summed E-state index contributed by atoms with van der Waals surface area (Å²) in [5.74, 6) is 0. The van der Waals surface area contributed by atoms with E-state index in [9.17, 15) is 18.3 Å². The molecule has 0 aromatic heterocycles. The van der Waals surface area contributed by atoms with Crippen molar-refractivity contribution in [1.29, 1.82) is 0 Å². The molecule has 1 aromatic rings. The highest BCUT2D eigenvalue weighted by molar-refractivity contribution is 7.90. The number of nitrogens with zero attached hydrogens (tertiary/aromatic N) is 2. The Hall–Kier alpha value is -1.64. The molecule has 2 rings (SSSR count). The van der Waals surface area contributed by atoms with Gasteiger partial charge in [-0.2, -0.15) is 0 Å². The molecule has 1 heterocycles. The Kier molecular flexibility index (Phi) is 6.20. The SMILES string of the molecule is CCOC(=O)N1CCN(CC(O)c2ccc(S(C)(=O)=O)cc2)CC1. The zero-order valence-corrected chi connectivity index (χ0v) is 14.8. The lowest BCUT2D eigenvalue weighted by Crippen LogP contribution is -2.49. The number of β-amino-alcohol motifs (C(OH)–C–C–N with tert-alkyl or cyclic N) is 1. The molecule has 0 radical (unpaired) electrons. The topological polar surface area (TPSA) is 87.2 Å². The van der Waals surface area contributed by atoms with E-state index >= 15 is 0 Å². The van der Waals surface area contributed by atoms with E-state index in [2.05, 4.69) is 4.90 Å². The molecule has 7 nitrogen and oxygen atoms in total. The lowest BCUT2D eigenvalue weighted by atomic mass is 10.1. The monoisotopic (exact) mass is 356 g/mol. The number of amides is 1. The lowest BCUT2D eigenvalue weighted by molar-refractivity contribution is 0.0578. The van der Waals surface area contributed by atoms with Crippen LogP contribution < -0.4 is 0 Å². The van der Waals surface area contributed by atoms with Crippen LogP contribution in [0.1, 0.15) is 18.6 Å². The first-order valence-electron chi connectivity index (χ1n) is 7.93. The van der Waals surface area contributed by atoms with Gasteiger partial charge in [0.2, 0.25) is 0 Å². The van der Waals surface area contributed by atoms with E-state index in [0.717, 1.165) is 6.26 Å². The highest BCUT2D eigenvalue weighted by Gasteiger charge is 2.23. The fraction of sp³-hybridized carbons (Fsp3) is 0.562. The summed E-state index contributed by atoms with van der Waals surface area (Å²) in [6, 6.07) is 6.28. The van der Waals surface area contributed by atoms with Crippen LogP contribution in [0.15, 0.2) is 29.2 Å². The zero-order valence-electron chi connectivity index (χ0n) is 14.0. The molecule has 1 fully saturated rings. The molecule has 134 valence electrons. The molecule has 1 N–H and O–H groups in total. The van der Waals surface area contributed by atoms with Gasteiger partial charge in [0, 0.05) is 39.0 Å². The van der Waals surface area contributed by atoms with Gasteiger partial charge < -0.3 is 14.7 Å². The molecule has 1 unspecified atom stereocenters. The number of aliphatic hydroxyl groups is 1. The van der Waals surface area contributed by atoms with Crippen molar-refractivity contribution in [2.75, 3.05) is 45.6 Å². The number of aliphatic hydroxyl groups excluding tert-OH is 1. The molecule has 1 saturated heterocycles. The number of carbonyl (C=O) groups excluding carboxylic acids is 1. The summed E-state index contributed by atoms with van der Waals surface area (Å²) in [5, 5.41) is 10.3. The second-order valence-corrected chi connectivity index (χ2v) is 7.86. The molecule has 0 aliphatic carbocycles. The molecule has 24 heavy (non-hydrogen) atoms. The molecule has 1 aromatic carbocycles. The van der Waals surface area contributed by atoms with Crippen molar-refractivity contribution >= 4 is 15.9 Å². The van der Waals surface area contributed by atoms with Crippen LogP contribution in [0.3, 0.4) is 0 Å². The highest BCUT2D eigenvalue weighted by atomic mass is 32.2. The Morgan fingerprint density at radius 3 is 2.29 bits per heavy atom. The van der Waals surface area contributed by atoms with Gasteiger partial charge in [-0.15, -0.1) is 0 Å². The van der Waals surface area contributed by atoms with Crippen molar-refractivity contribution in [2.45, 2.75) is 17.9 Å². The number of ether oxygens (including phenoxy) is 1. The van der Waals surface area contributed by atoms with Gasteiger partial charge in [-0.1, -0.05) is 12.1 Å². The summed E-state index contributed by atoms with van der Waals surface area (Å²) in [4.78, 5) is 15.6. The first kappa shape index (κ1) is 18.7. The third-order valence-electron chi connectivity index (χ3n) is 4.02. The average molecular weight is 356 g/mol. The maximum absolute atomic E-state index is 11.6. The van der Waals surface area contributed by atoms with Gasteiger partial charge in [0.1, 0.15) is 0 Å². The van der Waals surface area contributed by atoms with Gasteiger partial charge >= 0.3 is 6.09 Å². The third-order valence-corrected chi connectivity index (χ3v) is 5.15.